The average molecular weight is 479 g/mol. The van der Waals surface area contributed by atoms with Crippen LogP contribution in [0.25, 0.3) is 6.08 Å². The first-order valence-electron chi connectivity index (χ1n) is 11.8. The standard InChI is InChI=1S/C27H34BNO6/c1-26(2)27(3,4)35-28(34-26)23(18-29-25(31)33-19-20-11-7-6-8-12-20)17-22-14-10-9-13-21(22)15-16-24(30)32-5/h6-14,17H,15-16,18-19H2,1-5H3,(H,29,31). The van der Waals surface area contributed by atoms with E-state index in [1.807, 2.05) is 88.4 Å². The molecular formula is C27H34BNO6. The summed E-state index contributed by atoms with van der Waals surface area (Å²) in [6, 6.07) is 17.3. The van der Waals surface area contributed by atoms with Gasteiger partial charge in [0.05, 0.1) is 18.3 Å². The van der Waals surface area contributed by atoms with Gasteiger partial charge in [-0.25, -0.2) is 4.79 Å². The third-order valence-corrected chi connectivity index (χ3v) is 6.43. The molecule has 0 radical (unpaired) electrons. The van der Waals surface area contributed by atoms with Crippen LogP contribution in [0.4, 0.5) is 4.79 Å². The molecule has 35 heavy (non-hydrogen) atoms. The van der Waals surface area contributed by atoms with Gasteiger partial charge in [0.2, 0.25) is 0 Å². The summed E-state index contributed by atoms with van der Waals surface area (Å²) >= 11 is 0. The molecule has 0 atom stereocenters. The Hall–Kier alpha value is -3.10. The molecule has 2 aromatic carbocycles. The third kappa shape index (κ3) is 7.20. The average Bonchev–Trinajstić information content (AvgIpc) is 3.06. The number of hydrogen-bond donors (Lipinski definition) is 1. The summed E-state index contributed by atoms with van der Waals surface area (Å²) in [6.07, 6.45) is 2.22. The molecule has 8 heteroatoms. The molecule has 1 saturated heterocycles. The maximum atomic E-state index is 12.4. The van der Waals surface area contributed by atoms with E-state index in [-0.39, 0.29) is 25.5 Å². The Kier molecular flexibility index (Phi) is 8.75. The largest absolute Gasteiger partial charge is 0.492 e. The van der Waals surface area contributed by atoms with Crippen molar-refractivity contribution in [1.29, 1.82) is 0 Å². The van der Waals surface area contributed by atoms with Crippen molar-refractivity contribution in [3.63, 3.8) is 0 Å². The Labute approximate surface area is 207 Å². The minimum Gasteiger partial charge on any atom is -0.469 e. The molecule has 186 valence electrons. The molecule has 1 amide bonds. The summed E-state index contributed by atoms with van der Waals surface area (Å²) in [5.41, 5.74) is 2.48. The number of rotatable bonds is 9. The zero-order valence-corrected chi connectivity index (χ0v) is 21.1. The lowest BCUT2D eigenvalue weighted by Gasteiger charge is -2.32. The number of esters is 1. The van der Waals surface area contributed by atoms with Crippen molar-refractivity contribution < 1.29 is 28.4 Å². The van der Waals surface area contributed by atoms with Gasteiger partial charge in [-0.2, -0.15) is 0 Å². The molecule has 1 fully saturated rings. The van der Waals surface area contributed by atoms with Crippen molar-refractivity contribution in [1.82, 2.24) is 5.32 Å². The number of hydrogen-bond acceptors (Lipinski definition) is 6. The van der Waals surface area contributed by atoms with Crippen LogP contribution in [0.5, 0.6) is 0 Å². The molecule has 1 aliphatic rings. The summed E-state index contributed by atoms with van der Waals surface area (Å²) in [5.74, 6) is -0.266. The summed E-state index contributed by atoms with van der Waals surface area (Å²) in [6.45, 7) is 8.29. The van der Waals surface area contributed by atoms with Gasteiger partial charge >= 0.3 is 19.2 Å². The zero-order chi connectivity index (χ0) is 25.5. The number of carbonyl (C=O) groups excluding carboxylic acids is 2. The molecule has 0 spiro atoms. The maximum Gasteiger partial charge on any atom is 0.492 e. The van der Waals surface area contributed by atoms with Gasteiger partial charge in [-0.15, -0.1) is 0 Å². The van der Waals surface area contributed by atoms with Crippen LogP contribution in [-0.4, -0.2) is 44.0 Å². The molecule has 1 N–H and O–H groups in total. The maximum absolute atomic E-state index is 12.4. The topological polar surface area (TPSA) is 83.1 Å². The molecule has 7 nitrogen and oxygen atoms in total. The van der Waals surface area contributed by atoms with E-state index in [2.05, 4.69) is 5.32 Å². The van der Waals surface area contributed by atoms with Crippen molar-refractivity contribution >= 4 is 25.3 Å². The van der Waals surface area contributed by atoms with Gasteiger partial charge in [0, 0.05) is 13.0 Å². The fourth-order valence-electron chi connectivity index (χ4n) is 3.59. The van der Waals surface area contributed by atoms with Crippen LogP contribution in [0, 0.1) is 0 Å². The molecule has 1 heterocycles. The van der Waals surface area contributed by atoms with E-state index in [1.54, 1.807) is 0 Å². The summed E-state index contributed by atoms with van der Waals surface area (Å²) in [7, 11) is 0.732. The molecular weight excluding hydrogens is 445 g/mol. The van der Waals surface area contributed by atoms with Crippen molar-refractivity contribution in [2.45, 2.75) is 58.3 Å². The number of nitrogens with one attached hydrogen (secondary N) is 1. The molecule has 2 aromatic rings. The van der Waals surface area contributed by atoms with Crippen LogP contribution in [-0.2, 0) is 36.6 Å². The van der Waals surface area contributed by atoms with Crippen LogP contribution in [0.3, 0.4) is 0 Å². The highest BCUT2D eigenvalue weighted by molar-refractivity contribution is 6.56. The van der Waals surface area contributed by atoms with E-state index >= 15 is 0 Å². The second kappa shape index (κ2) is 11.6. The minimum atomic E-state index is -0.650. The first-order chi connectivity index (χ1) is 16.6. The quantitative estimate of drug-likeness (QED) is 0.414. The first-order valence-corrected chi connectivity index (χ1v) is 11.8. The highest BCUT2D eigenvalue weighted by Crippen LogP contribution is 2.38. The van der Waals surface area contributed by atoms with Crippen LogP contribution in [0.15, 0.2) is 60.1 Å². The Morgan fingerprint density at radius 2 is 1.60 bits per heavy atom. The highest BCUT2D eigenvalue weighted by atomic mass is 16.7. The van der Waals surface area contributed by atoms with Gasteiger partial charge < -0.3 is 24.1 Å². The van der Waals surface area contributed by atoms with E-state index in [0.717, 1.165) is 22.2 Å². The van der Waals surface area contributed by atoms with Crippen LogP contribution >= 0.6 is 0 Å². The van der Waals surface area contributed by atoms with Gasteiger partial charge in [-0.1, -0.05) is 60.7 Å². The number of aryl methyl sites for hydroxylation is 1. The number of amides is 1. The fraction of sp³-hybridized carbons (Fsp3) is 0.407. The van der Waals surface area contributed by atoms with Crippen LogP contribution < -0.4 is 5.32 Å². The highest BCUT2D eigenvalue weighted by Gasteiger charge is 2.52. The number of ether oxygens (including phenoxy) is 2. The first kappa shape index (κ1) is 26.5. The van der Waals surface area contributed by atoms with Crippen LogP contribution in [0.1, 0.15) is 50.8 Å². The van der Waals surface area contributed by atoms with E-state index < -0.39 is 24.4 Å². The Morgan fingerprint density at radius 3 is 2.26 bits per heavy atom. The van der Waals surface area contributed by atoms with Crippen molar-refractivity contribution in [3.05, 3.63) is 76.8 Å². The Morgan fingerprint density at radius 1 is 0.971 bits per heavy atom. The predicted molar refractivity (Wildman–Crippen MR) is 135 cm³/mol. The van der Waals surface area contributed by atoms with Crippen LogP contribution in [0.2, 0.25) is 0 Å². The predicted octanol–water partition coefficient (Wildman–Crippen LogP) is 4.73. The van der Waals surface area contributed by atoms with Crippen molar-refractivity contribution in [2.75, 3.05) is 13.7 Å². The summed E-state index contributed by atoms with van der Waals surface area (Å²) in [5, 5.41) is 2.82. The molecule has 0 aromatic heterocycles. The van der Waals surface area contributed by atoms with E-state index in [1.165, 1.54) is 7.11 Å². The zero-order valence-electron chi connectivity index (χ0n) is 21.1. The molecule has 0 unspecified atom stereocenters. The normalized spacial score (nSPS) is 16.6. The number of benzene rings is 2. The second-order valence-corrected chi connectivity index (χ2v) is 9.50. The SMILES string of the molecule is COC(=O)CCc1ccccc1C=C(CNC(=O)OCc1ccccc1)B1OC(C)(C)C(C)(C)O1. The second-order valence-electron chi connectivity index (χ2n) is 9.50. The Balaban J connectivity index is 1.78. The number of alkyl carbamates (subject to hydrolysis) is 1. The molecule has 3 rings (SSSR count). The Bertz CT molecular complexity index is 1030. The molecule has 0 saturated carbocycles. The van der Waals surface area contributed by atoms with Crippen molar-refractivity contribution in [2.24, 2.45) is 0 Å². The lowest BCUT2D eigenvalue weighted by Crippen LogP contribution is -2.41. The lowest BCUT2D eigenvalue weighted by molar-refractivity contribution is -0.140. The molecule has 0 bridgehead atoms. The summed E-state index contributed by atoms with van der Waals surface area (Å²) < 4.78 is 22.7. The van der Waals surface area contributed by atoms with Gasteiger partial charge in [0.15, 0.2) is 0 Å². The van der Waals surface area contributed by atoms with E-state index in [9.17, 15) is 9.59 Å². The third-order valence-electron chi connectivity index (χ3n) is 6.43. The minimum absolute atomic E-state index is 0.176. The monoisotopic (exact) mass is 479 g/mol. The van der Waals surface area contributed by atoms with E-state index in [4.69, 9.17) is 18.8 Å². The number of carbonyl (C=O) groups is 2. The lowest BCUT2D eigenvalue weighted by atomic mass is 9.76. The number of methoxy groups -OCH3 is 1. The van der Waals surface area contributed by atoms with Crippen molar-refractivity contribution in [3.8, 4) is 0 Å². The van der Waals surface area contributed by atoms with Gasteiger partial charge in [-0.05, 0) is 56.3 Å². The summed E-state index contributed by atoms with van der Waals surface area (Å²) in [4.78, 5) is 24.1. The molecule has 1 aliphatic heterocycles. The van der Waals surface area contributed by atoms with Gasteiger partial charge in [0.25, 0.3) is 0 Å². The van der Waals surface area contributed by atoms with E-state index in [0.29, 0.717) is 6.42 Å². The van der Waals surface area contributed by atoms with Gasteiger partial charge in [0.1, 0.15) is 6.61 Å². The van der Waals surface area contributed by atoms with Gasteiger partial charge in [-0.3, -0.25) is 4.79 Å². The molecule has 0 aliphatic carbocycles. The smallest absolute Gasteiger partial charge is 0.469 e. The fourth-order valence-corrected chi connectivity index (χ4v) is 3.59.